The molecule has 0 saturated carbocycles. The second-order valence-corrected chi connectivity index (χ2v) is 4.80. The molecule has 1 amide bonds. The number of benzene rings is 1. The van der Waals surface area contributed by atoms with Crippen LogP contribution in [0.2, 0.25) is 0 Å². The van der Waals surface area contributed by atoms with Crippen LogP contribution in [0.15, 0.2) is 18.2 Å². The minimum absolute atomic E-state index is 0.0997. The van der Waals surface area contributed by atoms with Crippen LogP contribution in [0.1, 0.15) is 31.1 Å². The summed E-state index contributed by atoms with van der Waals surface area (Å²) >= 11 is 0. The number of rotatable bonds is 3. The summed E-state index contributed by atoms with van der Waals surface area (Å²) in [6, 6.07) is 6.04. The Labute approximate surface area is 108 Å². The minimum atomic E-state index is 0.0997. The van der Waals surface area contributed by atoms with Crippen molar-refractivity contribution in [1.29, 1.82) is 0 Å². The number of hydrogen-bond acceptors (Lipinski definition) is 3. The molecule has 0 aliphatic carbocycles. The fourth-order valence-corrected chi connectivity index (χ4v) is 2.28. The third-order valence-electron chi connectivity index (χ3n) is 3.25. The van der Waals surface area contributed by atoms with Gasteiger partial charge < -0.3 is 15.5 Å². The number of carbonyl (C=O) groups excluding carboxylic acids is 1. The molecule has 1 aliphatic heterocycles. The van der Waals surface area contributed by atoms with Crippen LogP contribution in [0.5, 0.6) is 0 Å². The lowest BCUT2D eigenvalue weighted by Gasteiger charge is -2.26. The monoisotopic (exact) mass is 247 g/mol. The van der Waals surface area contributed by atoms with E-state index in [9.17, 15) is 4.79 Å². The van der Waals surface area contributed by atoms with E-state index in [1.165, 1.54) is 0 Å². The van der Waals surface area contributed by atoms with Crippen LogP contribution < -0.4 is 10.6 Å². The highest BCUT2D eigenvalue weighted by molar-refractivity contribution is 5.96. The van der Waals surface area contributed by atoms with E-state index in [0.29, 0.717) is 0 Å². The van der Waals surface area contributed by atoms with E-state index in [4.69, 9.17) is 0 Å². The van der Waals surface area contributed by atoms with Gasteiger partial charge in [-0.25, -0.2) is 0 Å². The molecule has 0 unspecified atom stereocenters. The first-order valence-electron chi connectivity index (χ1n) is 6.56. The number of nitrogens with one attached hydrogen (secondary N) is 2. The zero-order valence-electron chi connectivity index (χ0n) is 11.3. The van der Waals surface area contributed by atoms with Gasteiger partial charge in [-0.3, -0.25) is 4.79 Å². The molecule has 0 spiro atoms. The number of amides is 1. The third kappa shape index (κ3) is 2.42. The molecular formula is C14H21N3O. The molecule has 0 saturated heterocycles. The molecule has 98 valence electrons. The highest BCUT2D eigenvalue weighted by atomic mass is 16.2. The quantitative estimate of drug-likeness (QED) is 0.862. The fraction of sp³-hybridized carbons (Fsp3) is 0.500. The lowest BCUT2D eigenvalue weighted by molar-refractivity contribution is 0.0717. The van der Waals surface area contributed by atoms with Gasteiger partial charge in [-0.2, -0.15) is 0 Å². The van der Waals surface area contributed by atoms with Crippen molar-refractivity contribution in [2.45, 2.75) is 26.8 Å². The maximum atomic E-state index is 12.4. The SMILES string of the molecule is CCN(C(=O)c1ccc2c(c1)NCCN2)C(C)C. The predicted octanol–water partition coefficient (Wildman–Crippen LogP) is 2.39. The first-order valence-corrected chi connectivity index (χ1v) is 6.56. The van der Waals surface area contributed by atoms with E-state index in [2.05, 4.69) is 10.6 Å². The van der Waals surface area contributed by atoms with Crippen molar-refractivity contribution in [3.8, 4) is 0 Å². The van der Waals surface area contributed by atoms with Crippen molar-refractivity contribution >= 4 is 17.3 Å². The molecule has 4 heteroatoms. The molecule has 0 aromatic heterocycles. The fourth-order valence-electron chi connectivity index (χ4n) is 2.28. The molecule has 1 aromatic carbocycles. The third-order valence-corrected chi connectivity index (χ3v) is 3.25. The van der Waals surface area contributed by atoms with Gasteiger partial charge in [-0.15, -0.1) is 0 Å². The molecule has 2 rings (SSSR count). The molecule has 1 aromatic rings. The zero-order chi connectivity index (χ0) is 13.1. The average molecular weight is 247 g/mol. The summed E-state index contributed by atoms with van der Waals surface area (Å²) in [4.78, 5) is 14.3. The minimum Gasteiger partial charge on any atom is -0.382 e. The smallest absolute Gasteiger partial charge is 0.254 e. The number of hydrogen-bond donors (Lipinski definition) is 2. The Morgan fingerprint density at radius 1 is 1.28 bits per heavy atom. The van der Waals surface area contributed by atoms with Gasteiger partial charge in [0.25, 0.3) is 5.91 Å². The predicted molar refractivity (Wildman–Crippen MR) is 75.3 cm³/mol. The highest BCUT2D eigenvalue weighted by Crippen LogP contribution is 2.26. The molecule has 2 N–H and O–H groups in total. The van der Waals surface area contributed by atoms with Crippen molar-refractivity contribution in [3.05, 3.63) is 23.8 Å². The Bertz CT molecular complexity index is 443. The van der Waals surface area contributed by atoms with E-state index in [0.717, 1.165) is 36.6 Å². The van der Waals surface area contributed by atoms with Crippen molar-refractivity contribution in [2.75, 3.05) is 30.3 Å². The molecule has 0 radical (unpaired) electrons. The Morgan fingerprint density at radius 2 is 1.94 bits per heavy atom. The standard InChI is InChI=1S/C14H21N3O/c1-4-17(10(2)3)14(18)11-5-6-12-13(9-11)16-8-7-15-12/h5-6,9-10,15-16H,4,7-8H2,1-3H3. The first-order chi connectivity index (χ1) is 8.63. The number of fused-ring (bicyclic) bond motifs is 1. The summed E-state index contributed by atoms with van der Waals surface area (Å²) < 4.78 is 0. The van der Waals surface area contributed by atoms with Crippen LogP contribution in [0, 0.1) is 0 Å². The van der Waals surface area contributed by atoms with Gasteiger partial charge in [-0.05, 0) is 39.0 Å². The van der Waals surface area contributed by atoms with Crippen LogP contribution in [0.3, 0.4) is 0 Å². The van der Waals surface area contributed by atoms with E-state index >= 15 is 0 Å². The zero-order valence-corrected chi connectivity index (χ0v) is 11.3. The van der Waals surface area contributed by atoms with E-state index in [1.54, 1.807) is 0 Å². The van der Waals surface area contributed by atoms with Gasteiger partial charge in [0.1, 0.15) is 0 Å². The van der Waals surface area contributed by atoms with Gasteiger partial charge in [0.15, 0.2) is 0 Å². The van der Waals surface area contributed by atoms with Gasteiger partial charge in [0.05, 0.1) is 11.4 Å². The van der Waals surface area contributed by atoms with Crippen LogP contribution in [-0.4, -0.2) is 36.5 Å². The van der Waals surface area contributed by atoms with E-state index in [-0.39, 0.29) is 11.9 Å². The van der Waals surface area contributed by atoms with Crippen molar-refractivity contribution in [1.82, 2.24) is 4.90 Å². The number of carbonyl (C=O) groups is 1. The summed E-state index contributed by atoms with van der Waals surface area (Å²) in [5, 5.41) is 6.62. The molecule has 0 atom stereocenters. The van der Waals surface area contributed by atoms with E-state index < -0.39 is 0 Å². The Kier molecular flexibility index (Phi) is 3.75. The molecule has 0 fully saturated rings. The molecule has 4 nitrogen and oxygen atoms in total. The van der Waals surface area contributed by atoms with Gasteiger partial charge in [0, 0.05) is 31.2 Å². The average Bonchev–Trinajstić information content (AvgIpc) is 2.38. The van der Waals surface area contributed by atoms with Crippen molar-refractivity contribution in [3.63, 3.8) is 0 Å². The van der Waals surface area contributed by atoms with Crippen LogP contribution in [0.4, 0.5) is 11.4 Å². The normalized spacial score (nSPS) is 13.6. The lowest BCUT2D eigenvalue weighted by Crippen LogP contribution is -2.36. The van der Waals surface area contributed by atoms with E-state index in [1.807, 2.05) is 43.9 Å². The Hall–Kier alpha value is -1.71. The Balaban J connectivity index is 2.25. The summed E-state index contributed by atoms with van der Waals surface area (Å²) in [5.74, 6) is 0.0997. The second kappa shape index (κ2) is 5.29. The van der Waals surface area contributed by atoms with Gasteiger partial charge >= 0.3 is 0 Å². The van der Waals surface area contributed by atoms with Gasteiger partial charge in [0.2, 0.25) is 0 Å². The first kappa shape index (κ1) is 12.7. The van der Waals surface area contributed by atoms with Gasteiger partial charge in [-0.1, -0.05) is 0 Å². The molecule has 0 bridgehead atoms. The summed E-state index contributed by atoms with van der Waals surface area (Å²) in [5.41, 5.74) is 2.85. The molecule has 18 heavy (non-hydrogen) atoms. The number of nitrogens with zero attached hydrogens (tertiary/aromatic N) is 1. The molecular weight excluding hydrogens is 226 g/mol. The second-order valence-electron chi connectivity index (χ2n) is 4.80. The van der Waals surface area contributed by atoms with Crippen molar-refractivity contribution in [2.24, 2.45) is 0 Å². The summed E-state index contributed by atoms with van der Waals surface area (Å²) in [6.07, 6.45) is 0. The summed E-state index contributed by atoms with van der Waals surface area (Å²) in [6.45, 7) is 8.65. The maximum absolute atomic E-state index is 12.4. The highest BCUT2D eigenvalue weighted by Gasteiger charge is 2.18. The van der Waals surface area contributed by atoms with Crippen LogP contribution in [-0.2, 0) is 0 Å². The molecule has 1 heterocycles. The summed E-state index contributed by atoms with van der Waals surface area (Å²) in [7, 11) is 0. The van der Waals surface area contributed by atoms with Crippen molar-refractivity contribution < 1.29 is 4.79 Å². The number of anilines is 2. The Morgan fingerprint density at radius 3 is 2.56 bits per heavy atom. The molecule has 1 aliphatic rings. The topological polar surface area (TPSA) is 44.4 Å². The largest absolute Gasteiger partial charge is 0.382 e. The maximum Gasteiger partial charge on any atom is 0.254 e. The van der Waals surface area contributed by atoms with Crippen LogP contribution >= 0.6 is 0 Å². The van der Waals surface area contributed by atoms with Crippen LogP contribution in [0.25, 0.3) is 0 Å². The lowest BCUT2D eigenvalue weighted by atomic mass is 10.1.